The predicted molar refractivity (Wildman–Crippen MR) is 153 cm³/mol. The Balaban J connectivity index is 2.99. The van der Waals surface area contributed by atoms with Crippen LogP contribution >= 0.6 is 11.8 Å². The van der Waals surface area contributed by atoms with E-state index in [4.69, 9.17) is 0 Å². The highest BCUT2D eigenvalue weighted by Crippen LogP contribution is 2.16. The van der Waals surface area contributed by atoms with Crippen LogP contribution in [0.4, 0.5) is 0 Å². The smallest absolute Gasteiger partial charge is 0.00262 e. The second-order valence-corrected chi connectivity index (χ2v) is 11.3. The van der Waals surface area contributed by atoms with Crippen molar-refractivity contribution in [1.29, 1.82) is 0 Å². The van der Waals surface area contributed by atoms with Crippen LogP contribution in [0, 0.1) is 0 Å². The lowest BCUT2D eigenvalue weighted by Gasteiger charge is -2.04. The van der Waals surface area contributed by atoms with Crippen LogP contribution in [0.1, 0.15) is 180 Å². The van der Waals surface area contributed by atoms with E-state index < -0.39 is 0 Å². The third-order valence-electron chi connectivity index (χ3n) is 6.98. The molecule has 0 aliphatic rings. The molecule has 0 atom stereocenters. The molecule has 0 saturated heterocycles. The van der Waals surface area contributed by atoms with Crippen molar-refractivity contribution < 1.29 is 0 Å². The summed E-state index contributed by atoms with van der Waals surface area (Å²) in [6.07, 6.45) is 39.7. The maximum absolute atomic E-state index is 3.76. The lowest BCUT2D eigenvalue weighted by atomic mass is 10.0. The Morgan fingerprint density at radius 2 is 0.594 bits per heavy atom. The summed E-state index contributed by atoms with van der Waals surface area (Å²) in [4.78, 5) is 0. The van der Waals surface area contributed by atoms with Gasteiger partial charge in [-0.2, -0.15) is 0 Å². The SMILES string of the molecule is C=CSCCCCCCCCCCCCCCCCCCCCCCCCCCCCC. The molecular weight excluding hydrogens is 404 g/mol. The zero-order chi connectivity index (χ0) is 23.2. The van der Waals surface area contributed by atoms with Gasteiger partial charge in [-0.25, -0.2) is 0 Å². The van der Waals surface area contributed by atoms with Gasteiger partial charge in [0.1, 0.15) is 0 Å². The Bertz CT molecular complexity index is 324. The van der Waals surface area contributed by atoms with Gasteiger partial charge in [0.15, 0.2) is 0 Å². The Morgan fingerprint density at radius 3 is 0.812 bits per heavy atom. The van der Waals surface area contributed by atoms with E-state index >= 15 is 0 Å². The molecule has 0 amide bonds. The number of rotatable bonds is 29. The normalized spacial score (nSPS) is 11.3. The Kier molecular flexibility index (Phi) is 31.2. The third-order valence-corrected chi connectivity index (χ3v) is 7.74. The summed E-state index contributed by atoms with van der Waals surface area (Å²) in [6.45, 7) is 6.06. The average Bonchev–Trinajstić information content (AvgIpc) is 2.81. The zero-order valence-corrected chi connectivity index (χ0v) is 23.3. The van der Waals surface area contributed by atoms with Crippen LogP contribution in [0.15, 0.2) is 12.0 Å². The lowest BCUT2D eigenvalue weighted by molar-refractivity contribution is 0.515. The molecule has 32 heavy (non-hydrogen) atoms. The number of unbranched alkanes of at least 4 members (excludes halogenated alkanes) is 26. The van der Waals surface area contributed by atoms with Gasteiger partial charge in [0.2, 0.25) is 0 Å². The highest BCUT2D eigenvalue weighted by Gasteiger charge is 1.96. The Labute approximate surface area is 209 Å². The quantitative estimate of drug-likeness (QED) is 0.0987. The Morgan fingerprint density at radius 1 is 0.375 bits per heavy atom. The minimum Gasteiger partial charge on any atom is -0.135 e. The van der Waals surface area contributed by atoms with Gasteiger partial charge in [0.05, 0.1) is 0 Å². The molecular formula is C31H62S. The molecule has 0 aromatic heterocycles. The van der Waals surface area contributed by atoms with Gasteiger partial charge in [-0.1, -0.05) is 180 Å². The van der Waals surface area contributed by atoms with Crippen LogP contribution in [0.5, 0.6) is 0 Å². The molecule has 0 nitrogen and oxygen atoms in total. The molecule has 0 fully saturated rings. The van der Waals surface area contributed by atoms with E-state index in [9.17, 15) is 0 Å². The summed E-state index contributed by atoms with van der Waals surface area (Å²) < 4.78 is 0. The van der Waals surface area contributed by atoms with Crippen molar-refractivity contribution >= 4 is 11.8 Å². The van der Waals surface area contributed by atoms with Crippen molar-refractivity contribution in [3.63, 3.8) is 0 Å². The number of hydrogen-bond donors (Lipinski definition) is 0. The van der Waals surface area contributed by atoms with Gasteiger partial charge >= 0.3 is 0 Å². The van der Waals surface area contributed by atoms with E-state index in [1.54, 1.807) is 0 Å². The van der Waals surface area contributed by atoms with Gasteiger partial charge in [0.25, 0.3) is 0 Å². The van der Waals surface area contributed by atoms with Crippen molar-refractivity contribution in [1.82, 2.24) is 0 Å². The second-order valence-electron chi connectivity index (χ2n) is 10.2. The first-order chi connectivity index (χ1) is 15.9. The maximum Gasteiger partial charge on any atom is -0.00262 e. The molecule has 0 bridgehead atoms. The molecule has 0 aromatic rings. The van der Waals surface area contributed by atoms with E-state index in [0.717, 1.165) is 0 Å². The molecule has 0 aliphatic heterocycles. The topological polar surface area (TPSA) is 0 Å². The van der Waals surface area contributed by atoms with Crippen molar-refractivity contribution in [3.05, 3.63) is 12.0 Å². The molecule has 0 aromatic carbocycles. The van der Waals surface area contributed by atoms with Gasteiger partial charge in [-0.15, -0.1) is 11.8 Å². The molecule has 0 rings (SSSR count). The van der Waals surface area contributed by atoms with Crippen LogP contribution < -0.4 is 0 Å². The highest BCUT2D eigenvalue weighted by atomic mass is 32.2. The molecule has 192 valence electrons. The highest BCUT2D eigenvalue weighted by molar-refractivity contribution is 8.02. The first kappa shape index (κ1) is 32.1. The van der Waals surface area contributed by atoms with Crippen LogP contribution in [0.3, 0.4) is 0 Å². The lowest BCUT2D eigenvalue weighted by Crippen LogP contribution is -1.85. The van der Waals surface area contributed by atoms with Crippen molar-refractivity contribution in [3.8, 4) is 0 Å². The largest absolute Gasteiger partial charge is 0.135 e. The molecule has 1 heteroatoms. The van der Waals surface area contributed by atoms with E-state index in [1.165, 1.54) is 179 Å². The number of thioether (sulfide) groups is 1. The van der Waals surface area contributed by atoms with Crippen molar-refractivity contribution in [2.75, 3.05) is 5.75 Å². The van der Waals surface area contributed by atoms with Crippen molar-refractivity contribution in [2.24, 2.45) is 0 Å². The van der Waals surface area contributed by atoms with Gasteiger partial charge < -0.3 is 0 Å². The first-order valence-corrected chi connectivity index (χ1v) is 16.2. The summed E-state index contributed by atoms with van der Waals surface area (Å²) in [7, 11) is 0. The zero-order valence-electron chi connectivity index (χ0n) is 22.5. The molecule has 0 radical (unpaired) electrons. The summed E-state index contributed by atoms with van der Waals surface area (Å²) >= 11 is 1.87. The van der Waals surface area contributed by atoms with Gasteiger partial charge in [0, 0.05) is 0 Å². The molecule has 0 aliphatic carbocycles. The minimum absolute atomic E-state index is 1.27. The summed E-state index contributed by atoms with van der Waals surface area (Å²) in [6, 6.07) is 0. The maximum atomic E-state index is 3.76. The van der Waals surface area contributed by atoms with E-state index in [-0.39, 0.29) is 0 Å². The second kappa shape index (κ2) is 31.1. The minimum atomic E-state index is 1.27. The summed E-state index contributed by atoms with van der Waals surface area (Å²) in [5, 5.41) is 1.97. The molecule has 0 N–H and O–H groups in total. The van der Waals surface area contributed by atoms with Crippen LogP contribution in [0.2, 0.25) is 0 Å². The van der Waals surface area contributed by atoms with E-state index in [0.29, 0.717) is 0 Å². The van der Waals surface area contributed by atoms with Gasteiger partial charge in [-0.3, -0.25) is 0 Å². The van der Waals surface area contributed by atoms with Crippen LogP contribution in [0.25, 0.3) is 0 Å². The van der Waals surface area contributed by atoms with Crippen LogP contribution in [-0.2, 0) is 0 Å². The molecule has 0 heterocycles. The monoisotopic (exact) mass is 466 g/mol. The van der Waals surface area contributed by atoms with Crippen molar-refractivity contribution in [2.45, 2.75) is 180 Å². The first-order valence-electron chi connectivity index (χ1n) is 15.1. The Hall–Kier alpha value is 0.0900. The van der Waals surface area contributed by atoms with E-state index in [1.807, 2.05) is 17.2 Å². The average molecular weight is 467 g/mol. The number of hydrogen-bond acceptors (Lipinski definition) is 1. The predicted octanol–water partition coefficient (Wildman–Crippen LogP) is 12.4. The fourth-order valence-corrected chi connectivity index (χ4v) is 5.30. The summed E-state index contributed by atoms with van der Waals surface area (Å²) in [5.74, 6) is 1.27. The fourth-order valence-electron chi connectivity index (χ4n) is 4.76. The molecule has 0 saturated carbocycles. The molecule has 0 unspecified atom stereocenters. The van der Waals surface area contributed by atoms with Gasteiger partial charge in [-0.05, 0) is 17.6 Å². The van der Waals surface area contributed by atoms with E-state index in [2.05, 4.69) is 13.5 Å². The summed E-state index contributed by atoms with van der Waals surface area (Å²) in [5.41, 5.74) is 0. The standard InChI is InChI=1S/C31H62S/c1-3-5-6-7-8-9-10-11-12-13-14-15-16-17-18-19-20-21-22-23-24-25-26-27-28-29-30-31-32-4-2/h4H,2-3,5-31H2,1H3. The van der Waals surface area contributed by atoms with Crippen LogP contribution in [-0.4, -0.2) is 5.75 Å². The third kappa shape index (κ3) is 30.1. The molecule has 0 spiro atoms. The fraction of sp³-hybridized carbons (Fsp3) is 0.935.